The summed E-state index contributed by atoms with van der Waals surface area (Å²) < 4.78 is 1.08. The van der Waals surface area contributed by atoms with Gasteiger partial charge in [-0.1, -0.05) is 24.6 Å². The van der Waals surface area contributed by atoms with Crippen LogP contribution < -0.4 is 0 Å². The maximum atomic E-state index is 12.6. The van der Waals surface area contributed by atoms with Gasteiger partial charge in [0.25, 0.3) is 0 Å². The maximum Gasteiger partial charge on any atom is 0.235 e. The quantitative estimate of drug-likeness (QED) is 0.640. The Kier molecular flexibility index (Phi) is 4.75. The smallest absolute Gasteiger partial charge is 0.235 e. The van der Waals surface area contributed by atoms with E-state index in [2.05, 4.69) is 9.97 Å². The summed E-state index contributed by atoms with van der Waals surface area (Å²) in [6.45, 7) is 3.79. The molecule has 4 nitrogen and oxygen atoms in total. The predicted octanol–water partition coefficient (Wildman–Crippen LogP) is 3.57. The van der Waals surface area contributed by atoms with Gasteiger partial charge in [-0.05, 0) is 31.2 Å². The lowest BCUT2D eigenvalue weighted by Gasteiger charge is -2.23. The van der Waals surface area contributed by atoms with Gasteiger partial charge in [0, 0.05) is 13.1 Å². The third-order valence-corrected chi connectivity index (χ3v) is 5.89. The summed E-state index contributed by atoms with van der Waals surface area (Å²) in [5.41, 5.74) is 0.965. The van der Waals surface area contributed by atoms with Crippen molar-refractivity contribution >= 4 is 39.2 Å². The first-order valence-corrected chi connectivity index (χ1v) is 9.15. The van der Waals surface area contributed by atoms with Gasteiger partial charge in [0.15, 0.2) is 0 Å². The Labute approximate surface area is 133 Å². The summed E-state index contributed by atoms with van der Waals surface area (Å²) in [4.78, 5) is 23.2. The van der Waals surface area contributed by atoms with Gasteiger partial charge in [-0.25, -0.2) is 9.97 Å². The van der Waals surface area contributed by atoms with Crippen LogP contribution in [0.1, 0.15) is 32.6 Å². The number of amides is 1. The molecular formula is C15H19N3OS2. The maximum absolute atomic E-state index is 12.6. The predicted molar refractivity (Wildman–Crippen MR) is 87.8 cm³/mol. The fraction of sp³-hybridized carbons (Fsp3) is 0.533. The zero-order valence-corrected chi connectivity index (χ0v) is 13.8. The van der Waals surface area contributed by atoms with E-state index in [9.17, 15) is 4.79 Å². The van der Waals surface area contributed by atoms with Crippen LogP contribution in [0.5, 0.6) is 0 Å². The standard InChI is InChI=1S/C15H19N3OS2/c1-11(15(19)18-7-4-2-3-5-8-18)21-14-13-12(6-9-20-13)16-10-17-14/h6,9-11H,2-5,7-8H2,1H3. The average Bonchev–Trinajstić information content (AvgIpc) is 2.81. The molecule has 1 aliphatic rings. The van der Waals surface area contributed by atoms with E-state index in [1.54, 1.807) is 29.4 Å². The molecule has 1 fully saturated rings. The Hall–Kier alpha value is -1.14. The summed E-state index contributed by atoms with van der Waals surface area (Å²) in [5.74, 6) is 0.241. The van der Waals surface area contributed by atoms with Crippen LogP contribution in [0.3, 0.4) is 0 Å². The van der Waals surface area contributed by atoms with Crippen molar-refractivity contribution in [3.05, 3.63) is 17.8 Å². The minimum absolute atomic E-state index is 0.0942. The van der Waals surface area contributed by atoms with E-state index in [0.717, 1.165) is 41.2 Å². The number of carbonyl (C=O) groups is 1. The van der Waals surface area contributed by atoms with E-state index < -0.39 is 0 Å². The number of rotatable bonds is 3. The fourth-order valence-electron chi connectivity index (χ4n) is 2.62. The van der Waals surface area contributed by atoms with Crippen molar-refractivity contribution in [2.24, 2.45) is 0 Å². The van der Waals surface area contributed by atoms with Crippen LogP contribution in [-0.4, -0.2) is 39.1 Å². The molecule has 21 heavy (non-hydrogen) atoms. The monoisotopic (exact) mass is 321 g/mol. The first-order chi connectivity index (χ1) is 10.3. The summed E-state index contributed by atoms with van der Waals surface area (Å²) in [6.07, 6.45) is 6.33. The molecule has 0 N–H and O–H groups in total. The molecular weight excluding hydrogens is 302 g/mol. The molecule has 1 amide bonds. The molecule has 1 unspecified atom stereocenters. The van der Waals surface area contributed by atoms with E-state index in [1.165, 1.54) is 12.8 Å². The molecule has 0 aliphatic carbocycles. The molecule has 0 radical (unpaired) electrons. The van der Waals surface area contributed by atoms with Gasteiger partial charge >= 0.3 is 0 Å². The SMILES string of the molecule is CC(Sc1ncnc2ccsc12)C(=O)N1CCCCCC1. The van der Waals surface area contributed by atoms with Crippen LogP contribution in [0.15, 0.2) is 22.8 Å². The molecule has 3 rings (SSSR count). The van der Waals surface area contributed by atoms with Crippen molar-refractivity contribution in [3.8, 4) is 0 Å². The summed E-state index contributed by atoms with van der Waals surface area (Å²) >= 11 is 3.19. The van der Waals surface area contributed by atoms with E-state index in [4.69, 9.17) is 0 Å². The van der Waals surface area contributed by atoms with Crippen LogP contribution >= 0.6 is 23.1 Å². The van der Waals surface area contributed by atoms with Crippen LogP contribution in [0.2, 0.25) is 0 Å². The highest BCUT2D eigenvalue weighted by Gasteiger charge is 2.23. The van der Waals surface area contributed by atoms with Gasteiger partial charge in [-0.2, -0.15) is 0 Å². The van der Waals surface area contributed by atoms with E-state index in [1.807, 2.05) is 23.3 Å². The molecule has 0 bridgehead atoms. The Morgan fingerprint density at radius 3 is 2.81 bits per heavy atom. The molecule has 2 aromatic rings. The zero-order chi connectivity index (χ0) is 14.7. The third kappa shape index (κ3) is 3.37. The fourth-order valence-corrected chi connectivity index (χ4v) is 4.54. The molecule has 0 aromatic carbocycles. The van der Waals surface area contributed by atoms with Gasteiger partial charge in [-0.15, -0.1) is 11.3 Å². The molecule has 112 valence electrons. The van der Waals surface area contributed by atoms with Gasteiger partial charge in [0.1, 0.15) is 11.4 Å². The van der Waals surface area contributed by atoms with Gasteiger partial charge in [0.05, 0.1) is 15.5 Å². The lowest BCUT2D eigenvalue weighted by molar-refractivity contribution is -0.130. The van der Waals surface area contributed by atoms with E-state index in [-0.39, 0.29) is 11.2 Å². The topological polar surface area (TPSA) is 46.1 Å². The minimum Gasteiger partial charge on any atom is -0.342 e. The number of fused-ring (bicyclic) bond motifs is 1. The largest absolute Gasteiger partial charge is 0.342 e. The van der Waals surface area contributed by atoms with E-state index in [0.29, 0.717) is 0 Å². The second-order valence-electron chi connectivity index (χ2n) is 5.31. The molecule has 0 saturated carbocycles. The van der Waals surface area contributed by atoms with Crippen LogP contribution in [-0.2, 0) is 4.79 Å². The first kappa shape index (κ1) is 14.8. The van der Waals surface area contributed by atoms with E-state index >= 15 is 0 Å². The van der Waals surface area contributed by atoms with Crippen molar-refractivity contribution in [3.63, 3.8) is 0 Å². The normalized spacial score (nSPS) is 17.7. The number of hydrogen-bond acceptors (Lipinski definition) is 5. The second kappa shape index (κ2) is 6.75. The molecule has 1 saturated heterocycles. The number of hydrogen-bond donors (Lipinski definition) is 0. The molecule has 2 aromatic heterocycles. The van der Waals surface area contributed by atoms with Gasteiger partial charge in [0.2, 0.25) is 5.91 Å². The molecule has 0 spiro atoms. The Morgan fingerprint density at radius 1 is 1.29 bits per heavy atom. The van der Waals surface area contributed by atoms with Crippen LogP contribution in [0, 0.1) is 0 Å². The zero-order valence-electron chi connectivity index (χ0n) is 12.1. The number of aromatic nitrogens is 2. The highest BCUT2D eigenvalue weighted by molar-refractivity contribution is 8.00. The molecule has 1 atom stereocenters. The van der Waals surface area contributed by atoms with Gasteiger partial charge in [-0.3, -0.25) is 4.79 Å². The number of nitrogens with zero attached hydrogens (tertiary/aromatic N) is 3. The number of carbonyl (C=O) groups excluding carboxylic acids is 1. The molecule has 1 aliphatic heterocycles. The minimum atomic E-state index is -0.0942. The second-order valence-corrected chi connectivity index (χ2v) is 7.56. The number of likely N-dealkylation sites (tertiary alicyclic amines) is 1. The summed E-state index contributed by atoms with van der Waals surface area (Å²) in [6, 6.07) is 1.99. The van der Waals surface area contributed by atoms with Crippen molar-refractivity contribution in [1.82, 2.24) is 14.9 Å². The number of thioether (sulfide) groups is 1. The Morgan fingerprint density at radius 2 is 2.05 bits per heavy atom. The Bertz CT molecular complexity index is 620. The summed E-state index contributed by atoms with van der Waals surface area (Å²) in [5, 5.41) is 2.85. The summed E-state index contributed by atoms with van der Waals surface area (Å²) in [7, 11) is 0. The molecule has 6 heteroatoms. The highest BCUT2D eigenvalue weighted by atomic mass is 32.2. The third-order valence-electron chi connectivity index (χ3n) is 3.76. The van der Waals surface area contributed by atoms with Crippen LogP contribution in [0.25, 0.3) is 10.2 Å². The van der Waals surface area contributed by atoms with Crippen molar-refractivity contribution in [2.45, 2.75) is 42.9 Å². The molecule has 3 heterocycles. The van der Waals surface area contributed by atoms with Crippen molar-refractivity contribution < 1.29 is 4.79 Å². The van der Waals surface area contributed by atoms with Crippen molar-refractivity contribution in [1.29, 1.82) is 0 Å². The first-order valence-electron chi connectivity index (χ1n) is 7.39. The Balaban J connectivity index is 1.71. The van der Waals surface area contributed by atoms with Crippen molar-refractivity contribution in [2.75, 3.05) is 13.1 Å². The average molecular weight is 321 g/mol. The highest BCUT2D eigenvalue weighted by Crippen LogP contribution is 2.32. The number of thiophene rings is 1. The lowest BCUT2D eigenvalue weighted by Crippen LogP contribution is -2.37. The van der Waals surface area contributed by atoms with Gasteiger partial charge < -0.3 is 4.90 Å². The van der Waals surface area contributed by atoms with Crippen LogP contribution in [0.4, 0.5) is 0 Å². The lowest BCUT2D eigenvalue weighted by atomic mass is 10.2.